The Bertz CT molecular complexity index is 681. The molecule has 0 aliphatic heterocycles. The first kappa shape index (κ1) is 13.2. The molecule has 0 saturated heterocycles. The number of H-pyrrole nitrogens is 1. The summed E-state index contributed by atoms with van der Waals surface area (Å²) in [5, 5.41) is 1.22. The average molecular weight is 252 g/mol. The van der Waals surface area contributed by atoms with Gasteiger partial charge in [0.25, 0.3) is 0 Å². The number of aromatic nitrogens is 1. The Hall–Kier alpha value is -2.22. The molecule has 0 spiro atoms. The first-order chi connectivity index (χ1) is 9.25. The van der Waals surface area contributed by atoms with Crippen molar-refractivity contribution in [3.63, 3.8) is 0 Å². The first-order valence-electron chi connectivity index (χ1n) is 6.68. The molecule has 0 amide bonds. The molecule has 19 heavy (non-hydrogen) atoms. The van der Waals surface area contributed by atoms with Gasteiger partial charge >= 0.3 is 0 Å². The van der Waals surface area contributed by atoms with Gasteiger partial charge in [0.2, 0.25) is 0 Å². The Morgan fingerprint density at radius 1 is 0.947 bits per heavy atom. The van der Waals surface area contributed by atoms with E-state index in [4.69, 9.17) is 5.73 Å². The van der Waals surface area contributed by atoms with Crippen LogP contribution in [0.15, 0.2) is 48.7 Å². The smallest absolute Gasteiger partial charge is 0.0481 e. The molecule has 2 nitrogen and oxygen atoms in total. The predicted octanol–water partition coefficient (Wildman–Crippen LogP) is 4.75. The fourth-order valence-electron chi connectivity index (χ4n) is 2.24. The van der Waals surface area contributed by atoms with Crippen molar-refractivity contribution in [2.75, 3.05) is 5.73 Å². The zero-order valence-corrected chi connectivity index (χ0v) is 11.7. The molecule has 0 bridgehead atoms. The second kappa shape index (κ2) is 5.61. The minimum Gasteiger partial charge on any atom is -0.399 e. The summed E-state index contributed by atoms with van der Waals surface area (Å²) in [4.78, 5) is 3.27. The number of rotatable bonds is 1. The van der Waals surface area contributed by atoms with Gasteiger partial charge in [0.1, 0.15) is 0 Å². The van der Waals surface area contributed by atoms with Gasteiger partial charge < -0.3 is 10.7 Å². The number of nitrogens with two attached hydrogens (primary N) is 1. The highest BCUT2D eigenvalue weighted by molar-refractivity contribution is 5.97. The normalized spacial score (nSPS) is 10.1. The van der Waals surface area contributed by atoms with Crippen molar-refractivity contribution in [2.24, 2.45) is 0 Å². The number of hydrogen-bond donors (Lipinski definition) is 2. The molecule has 3 N–H and O–H groups in total. The van der Waals surface area contributed by atoms with E-state index in [-0.39, 0.29) is 0 Å². The van der Waals surface area contributed by atoms with Crippen LogP contribution in [0.4, 0.5) is 5.69 Å². The molecule has 0 aliphatic carbocycles. The minimum atomic E-state index is 0.788. The van der Waals surface area contributed by atoms with E-state index in [1.807, 2.05) is 32.2 Å². The largest absolute Gasteiger partial charge is 0.399 e. The topological polar surface area (TPSA) is 41.8 Å². The Balaban J connectivity index is 0.000000637. The Kier molecular flexibility index (Phi) is 3.91. The fraction of sp³-hybridized carbons (Fsp3) is 0.176. The number of anilines is 1. The number of hydrogen-bond acceptors (Lipinski definition) is 1. The van der Waals surface area contributed by atoms with Gasteiger partial charge in [0.05, 0.1) is 0 Å². The van der Waals surface area contributed by atoms with Gasteiger partial charge in [-0.05, 0) is 30.2 Å². The van der Waals surface area contributed by atoms with Crippen LogP contribution in [-0.4, -0.2) is 4.98 Å². The molecule has 1 heterocycles. The summed E-state index contributed by atoms with van der Waals surface area (Å²) >= 11 is 0. The van der Waals surface area contributed by atoms with Crippen LogP contribution >= 0.6 is 0 Å². The van der Waals surface area contributed by atoms with E-state index in [0.29, 0.717) is 0 Å². The van der Waals surface area contributed by atoms with E-state index in [2.05, 4.69) is 42.2 Å². The highest BCUT2D eigenvalue weighted by atomic mass is 14.7. The third-order valence-electron chi connectivity index (χ3n) is 3.14. The van der Waals surface area contributed by atoms with Crippen molar-refractivity contribution >= 4 is 16.6 Å². The quantitative estimate of drug-likeness (QED) is 0.603. The molecule has 0 saturated carbocycles. The van der Waals surface area contributed by atoms with Crippen LogP contribution in [0.2, 0.25) is 0 Å². The van der Waals surface area contributed by atoms with Gasteiger partial charge in [0, 0.05) is 28.4 Å². The van der Waals surface area contributed by atoms with Gasteiger partial charge in [-0.1, -0.05) is 44.2 Å². The Labute approximate surface area is 114 Å². The molecule has 3 rings (SSSR count). The summed E-state index contributed by atoms with van der Waals surface area (Å²) in [7, 11) is 0. The summed E-state index contributed by atoms with van der Waals surface area (Å²) in [6.45, 7) is 6.13. The lowest BCUT2D eigenvalue weighted by Crippen LogP contribution is -1.83. The summed E-state index contributed by atoms with van der Waals surface area (Å²) in [6.07, 6.45) is 2.05. The molecule has 0 atom stereocenters. The SMILES string of the molecule is CC.Cc1ccccc1-c1c[nH]c2cc(N)ccc12. The molecular weight excluding hydrogens is 232 g/mol. The number of aryl methyl sites for hydroxylation is 1. The maximum atomic E-state index is 5.78. The number of fused-ring (bicyclic) bond motifs is 1. The van der Waals surface area contributed by atoms with Crippen LogP contribution in [0, 0.1) is 6.92 Å². The number of nitrogen functional groups attached to an aromatic ring is 1. The van der Waals surface area contributed by atoms with Crippen LogP contribution in [0.3, 0.4) is 0 Å². The van der Waals surface area contributed by atoms with Crippen LogP contribution in [-0.2, 0) is 0 Å². The van der Waals surface area contributed by atoms with Gasteiger partial charge in [-0.15, -0.1) is 0 Å². The second-order valence-electron chi connectivity index (χ2n) is 4.32. The van der Waals surface area contributed by atoms with E-state index in [0.717, 1.165) is 11.2 Å². The van der Waals surface area contributed by atoms with Gasteiger partial charge in [-0.2, -0.15) is 0 Å². The van der Waals surface area contributed by atoms with E-state index in [1.165, 1.54) is 22.1 Å². The molecule has 98 valence electrons. The number of nitrogens with one attached hydrogen (secondary N) is 1. The zero-order chi connectivity index (χ0) is 13.8. The third-order valence-corrected chi connectivity index (χ3v) is 3.14. The highest BCUT2D eigenvalue weighted by Crippen LogP contribution is 2.31. The molecule has 0 fully saturated rings. The van der Waals surface area contributed by atoms with Crippen molar-refractivity contribution in [3.8, 4) is 11.1 Å². The molecular formula is C17H20N2. The van der Waals surface area contributed by atoms with Gasteiger partial charge in [-0.25, -0.2) is 0 Å². The van der Waals surface area contributed by atoms with Crippen LogP contribution < -0.4 is 5.73 Å². The molecule has 1 aromatic heterocycles. The molecule has 0 aliphatic rings. The monoisotopic (exact) mass is 252 g/mol. The van der Waals surface area contributed by atoms with Gasteiger partial charge in [0.15, 0.2) is 0 Å². The van der Waals surface area contributed by atoms with E-state index >= 15 is 0 Å². The maximum absolute atomic E-state index is 5.78. The van der Waals surface area contributed by atoms with Crippen molar-refractivity contribution in [3.05, 3.63) is 54.2 Å². The summed E-state index contributed by atoms with van der Waals surface area (Å²) in [5.74, 6) is 0. The van der Waals surface area contributed by atoms with E-state index < -0.39 is 0 Å². The summed E-state index contributed by atoms with van der Waals surface area (Å²) in [6, 6.07) is 14.4. The summed E-state index contributed by atoms with van der Waals surface area (Å²) in [5.41, 5.74) is 11.4. The lowest BCUT2D eigenvalue weighted by atomic mass is 10.0. The predicted molar refractivity (Wildman–Crippen MR) is 84.2 cm³/mol. The van der Waals surface area contributed by atoms with E-state index in [9.17, 15) is 0 Å². The molecule has 0 unspecified atom stereocenters. The zero-order valence-electron chi connectivity index (χ0n) is 11.7. The lowest BCUT2D eigenvalue weighted by Gasteiger charge is -2.04. The average Bonchev–Trinajstić information content (AvgIpc) is 2.84. The highest BCUT2D eigenvalue weighted by Gasteiger charge is 2.07. The molecule has 2 aromatic carbocycles. The van der Waals surface area contributed by atoms with Crippen molar-refractivity contribution in [2.45, 2.75) is 20.8 Å². The third kappa shape index (κ3) is 2.48. The lowest BCUT2D eigenvalue weighted by molar-refractivity contribution is 1.44. The fourth-order valence-corrected chi connectivity index (χ4v) is 2.24. The van der Waals surface area contributed by atoms with E-state index in [1.54, 1.807) is 0 Å². The van der Waals surface area contributed by atoms with Crippen molar-refractivity contribution < 1.29 is 0 Å². The van der Waals surface area contributed by atoms with Crippen LogP contribution in [0.1, 0.15) is 19.4 Å². The molecule has 0 radical (unpaired) electrons. The van der Waals surface area contributed by atoms with Crippen molar-refractivity contribution in [1.29, 1.82) is 0 Å². The number of benzene rings is 2. The number of aromatic amines is 1. The second-order valence-corrected chi connectivity index (χ2v) is 4.32. The van der Waals surface area contributed by atoms with Crippen LogP contribution in [0.25, 0.3) is 22.0 Å². The molecule has 2 heteroatoms. The Morgan fingerprint density at radius 3 is 2.42 bits per heavy atom. The van der Waals surface area contributed by atoms with Crippen LogP contribution in [0.5, 0.6) is 0 Å². The molecule has 3 aromatic rings. The standard InChI is InChI=1S/C15H14N2.C2H6/c1-10-4-2-3-5-12(10)14-9-17-15-8-11(16)6-7-13(14)15;1-2/h2-9,17H,16H2,1H3;1-2H3. The minimum absolute atomic E-state index is 0.788. The van der Waals surface area contributed by atoms with Gasteiger partial charge in [-0.3, -0.25) is 0 Å². The Morgan fingerprint density at radius 2 is 1.68 bits per heavy atom. The summed E-state index contributed by atoms with van der Waals surface area (Å²) < 4.78 is 0. The maximum Gasteiger partial charge on any atom is 0.0481 e. The first-order valence-corrected chi connectivity index (χ1v) is 6.68. The van der Waals surface area contributed by atoms with Crippen molar-refractivity contribution in [1.82, 2.24) is 4.98 Å².